The van der Waals surface area contributed by atoms with Gasteiger partial charge in [0.1, 0.15) is 5.82 Å². The van der Waals surface area contributed by atoms with Gasteiger partial charge in [0.15, 0.2) is 0 Å². The van der Waals surface area contributed by atoms with Crippen LogP contribution in [0.15, 0.2) is 55.0 Å². The summed E-state index contributed by atoms with van der Waals surface area (Å²) >= 11 is 0. The third-order valence-corrected chi connectivity index (χ3v) is 4.53. The van der Waals surface area contributed by atoms with Crippen LogP contribution in [0.1, 0.15) is 48.6 Å². The van der Waals surface area contributed by atoms with E-state index in [9.17, 15) is 0 Å². The van der Waals surface area contributed by atoms with Crippen LogP contribution in [0.4, 0.5) is 0 Å². The Kier molecular flexibility index (Phi) is 5.19. The van der Waals surface area contributed by atoms with E-state index in [4.69, 9.17) is 0 Å². The maximum absolute atomic E-state index is 4.46. The zero-order valence-corrected chi connectivity index (χ0v) is 15.2. The number of pyridine rings is 1. The molecule has 0 spiro atoms. The van der Waals surface area contributed by atoms with Gasteiger partial charge in [0, 0.05) is 41.9 Å². The molecule has 2 aromatic heterocycles. The maximum Gasteiger partial charge on any atom is 0.125 e. The van der Waals surface area contributed by atoms with Crippen LogP contribution in [0, 0.1) is 13.8 Å². The number of benzene rings is 1. The second kappa shape index (κ2) is 7.53. The van der Waals surface area contributed by atoms with Crippen molar-refractivity contribution in [3.8, 4) is 11.1 Å². The van der Waals surface area contributed by atoms with Crippen LogP contribution in [-0.2, 0) is 0 Å². The first-order valence-corrected chi connectivity index (χ1v) is 8.61. The van der Waals surface area contributed by atoms with Crippen molar-refractivity contribution in [2.45, 2.75) is 39.8 Å². The molecule has 0 aliphatic heterocycles. The molecule has 2 heterocycles. The number of aryl methyl sites for hydroxylation is 2. The normalized spacial score (nSPS) is 13.4. The van der Waals surface area contributed by atoms with Gasteiger partial charge in [-0.05, 0) is 56.5 Å². The monoisotopic (exact) mass is 332 g/mol. The van der Waals surface area contributed by atoms with E-state index in [0.29, 0.717) is 0 Å². The van der Waals surface area contributed by atoms with Crippen LogP contribution >= 0.6 is 0 Å². The van der Waals surface area contributed by atoms with Gasteiger partial charge in [0.05, 0.1) is 0 Å². The number of hydrogen-bond acceptors (Lipinski definition) is 4. The van der Waals surface area contributed by atoms with E-state index in [1.54, 1.807) is 0 Å². The zero-order chi connectivity index (χ0) is 17.8. The van der Waals surface area contributed by atoms with Crippen molar-refractivity contribution in [2.24, 2.45) is 0 Å². The topological polar surface area (TPSA) is 50.7 Å². The average molecular weight is 332 g/mol. The van der Waals surface area contributed by atoms with E-state index in [1.165, 1.54) is 16.7 Å². The van der Waals surface area contributed by atoms with Crippen LogP contribution in [0.3, 0.4) is 0 Å². The third kappa shape index (κ3) is 4.09. The minimum Gasteiger partial charge on any atom is -0.304 e. The maximum atomic E-state index is 4.46. The fraction of sp³-hybridized carbons (Fsp3) is 0.286. The highest BCUT2D eigenvalue weighted by Crippen LogP contribution is 2.24. The minimum atomic E-state index is 0.190. The Balaban J connectivity index is 1.71. The molecule has 25 heavy (non-hydrogen) atoms. The first-order valence-electron chi connectivity index (χ1n) is 8.61. The molecule has 1 N–H and O–H groups in total. The Hall–Kier alpha value is -2.59. The highest BCUT2D eigenvalue weighted by molar-refractivity contribution is 5.62. The molecule has 0 aliphatic rings. The molecule has 4 heteroatoms. The number of hydrogen-bond donors (Lipinski definition) is 1. The van der Waals surface area contributed by atoms with Gasteiger partial charge in [-0.25, -0.2) is 9.97 Å². The predicted octanol–water partition coefficient (Wildman–Crippen LogP) is 4.57. The number of nitrogens with one attached hydrogen (secondary N) is 1. The first-order chi connectivity index (χ1) is 12.0. The summed E-state index contributed by atoms with van der Waals surface area (Å²) in [7, 11) is 0. The molecule has 3 rings (SSSR count). The molecule has 0 unspecified atom stereocenters. The van der Waals surface area contributed by atoms with Gasteiger partial charge in [-0.15, -0.1) is 0 Å². The Labute approximate surface area is 149 Å². The first kappa shape index (κ1) is 17.2. The molecule has 0 radical (unpaired) electrons. The second-order valence-electron chi connectivity index (χ2n) is 6.43. The number of nitrogens with zero attached hydrogens (tertiary/aromatic N) is 3. The highest BCUT2D eigenvalue weighted by Gasteiger charge is 2.14. The second-order valence-corrected chi connectivity index (χ2v) is 6.43. The molecule has 2 atom stereocenters. The quantitative estimate of drug-likeness (QED) is 0.744. The summed E-state index contributed by atoms with van der Waals surface area (Å²) < 4.78 is 0. The largest absolute Gasteiger partial charge is 0.304 e. The van der Waals surface area contributed by atoms with Gasteiger partial charge in [-0.2, -0.15) is 0 Å². The molecular formula is C21H24N4. The van der Waals surface area contributed by atoms with Crippen LogP contribution in [0.2, 0.25) is 0 Å². The molecular weight excluding hydrogens is 308 g/mol. The van der Waals surface area contributed by atoms with Gasteiger partial charge in [-0.1, -0.05) is 24.3 Å². The summed E-state index contributed by atoms with van der Waals surface area (Å²) in [5.74, 6) is 0.813. The van der Waals surface area contributed by atoms with E-state index in [2.05, 4.69) is 58.4 Å². The number of rotatable bonds is 5. The molecule has 0 bridgehead atoms. The van der Waals surface area contributed by atoms with Crippen molar-refractivity contribution in [3.05, 3.63) is 77.6 Å². The number of aromatic nitrogens is 3. The average Bonchev–Trinajstić information content (AvgIpc) is 2.62. The van der Waals surface area contributed by atoms with Gasteiger partial charge < -0.3 is 5.32 Å². The summed E-state index contributed by atoms with van der Waals surface area (Å²) in [4.78, 5) is 12.9. The summed E-state index contributed by atoms with van der Waals surface area (Å²) in [5, 5.41) is 3.64. The van der Waals surface area contributed by atoms with Crippen LogP contribution < -0.4 is 5.32 Å². The van der Waals surface area contributed by atoms with E-state index in [1.807, 2.05) is 44.6 Å². The molecule has 0 aliphatic carbocycles. The minimum absolute atomic E-state index is 0.190. The van der Waals surface area contributed by atoms with Crippen LogP contribution in [0.25, 0.3) is 11.1 Å². The summed E-state index contributed by atoms with van der Waals surface area (Å²) in [6, 6.07) is 13.2. The van der Waals surface area contributed by atoms with Gasteiger partial charge in [0.2, 0.25) is 0 Å². The van der Waals surface area contributed by atoms with Crippen molar-refractivity contribution < 1.29 is 0 Å². The lowest BCUT2D eigenvalue weighted by Crippen LogP contribution is -2.23. The third-order valence-electron chi connectivity index (χ3n) is 4.53. The van der Waals surface area contributed by atoms with E-state index in [0.717, 1.165) is 17.1 Å². The van der Waals surface area contributed by atoms with E-state index >= 15 is 0 Å². The smallest absolute Gasteiger partial charge is 0.125 e. The molecule has 0 saturated carbocycles. The standard InChI is InChI=1S/C21H24N4/c1-14(24-15(2)21-13-23-17(4)25-16(21)3)18-5-7-19(8-6-18)20-9-11-22-12-10-20/h5-15,24H,1-4H3/t14-,15-/m1/s1. The van der Waals surface area contributed by atoms with Gasteiger partial charge in [0.25, 0.3) is 0 Å². The predicted molar refractivity (Wildman–Crippen MR) is 101 cm³/mol. The highest BCUT2D eigenvalue weighted by atomic mass is 15.0. The zero-order valence-electron chi connectivity index (χ0n) is 15.2. The Morgan fingerprint density at radius 3 is 2.12 bits per heavy atom. The Bertz CT molecular complexity index is 828. The summed E-state index contributed by atoms with van der Waals surface area (Å²) in [6.45, 7) is 8.30. The van der Waals surface area contributed by atoms with Crippen molar-refractivity contribution in [1.29, 1.82) is 0 Å². The molecule has 0 amide bonds. The lowest BCUT2D eigenvalue weighted by Gasteiger charge is -2.22. The molecule has 0 saturated heterocycles. The molecule has 0 fully saturated rings. The van der Waals surface area contributed by atoms with E-state index < -0.39 is 0 Å². The molecule has 1 aromatic carbocycles. The Morgan fingerprint density at radius 2 is 1.48 bits per heavy atom. The lowest BCUT2D eigenvalue weighted by atomic mass is 10.0. The van der Waals surface area contributed by atoms with Crippen LogP contribution in [0.5, 0.6) is 0 Å². The van der Waals surface area contributed by atoms with Crippen molar-refractivity contribution in [2.75, 3.05) is 0 Å². The van der Waals surface area contributed by atoms with Gasteiger partial charge >= 0.3 is 0 Å². The summed E-state index contributed by atoms with van der Waals surface area (Å²) in [6.07, 6.45) is 5.57. The van der Waals surface area contributed by atoms with Crippen LogP contribution in [-0.4, -0.2) is 15.0 Å². The summed E-state index contributed by atoms with van der Waals surface area (Å²) in [5.41, 5.74) is 5.83. The van der Waals surface area contributed by atoms with Crippen molar-refractivity contribution >= 4 is 0 Å². The van der Waals surface area contributed by atoms with Crippen molar-refractivity contribution in [3.63, 3.8) is 0 Å². The molecule has 4 nitrogen and oxygen atoms in total. The SMILES string of the molecule is Cc1ncc([C@@H](C)N[C@H](C)c2ccc(-c3ccncc3)cc2)c(C)n1. The molecule has 3 aromatic rings. The fourth-order valence-electron chi connectivity index (χ4n) is 3.09. The van der Waals surface area contributed by atoms with E-state index in [-0.39, 0.29) is 12.1 Å². The van der Waals surface area contributed by atoms with Crippen molar-refractivity contribution in [1.82, 2.24) is 20.3 Å². The molecule has 128 valence electrons. The lowest BCUT2D eigenvalue weighted by molar-refractivity contribution is 0.490. The van der Waals surface area contributed by atoms with Gasteiger partial charge in [-0.3, -0.25) is 4.98 Å². The fourth-order valence-corrected chi connectivity index (χ4v) is 3.09. The Morgan fingerprint density at radius 1 is 0.840 bits per heavy atom.